The Morgan fingerprint density at radius 2 is 1.77 bits per heavy atom. The number of benzene rings is 2. The van der Waals surface area contributed by atoms with Crippen LogP contribution in [0.4, 0.5) is 10.1 Å². The first-order valence-corrected chi connectivity index (χ1v) is 8.40. The van der Waals surface area contributed by atoms with Crippen molar-refractivity contribution in [2.24, 2.45) is 0 Å². The lowest BCUT2D eigenvalue weighted by Crippen LogP contribution is -2.31. The molecule has 0 heterocycles. The number of anilines is 1. The maximum Gasteiger partial charge on any atom is 0.266 e. The molecule has 7 heteroatoms. The van der Waals surface area contributed by atoms with Gasteiger partial charge in [-0.25, -0.2) is 12.8 Å². The van der Waals surface area contributed by atoms with Gasteiger partial charge in [-0.3, -0.25) is 4.31 Å². The van der Waals surface area contributed by atoms with Gasteiger partial charge in [0.25, 0.3) is 10.0 Å². The third-order valence-corrected chi connectivity index (χ3v) is 5.38. The van der Waals surface area contributed by atoms with Gasteiger partial charge in [-0.1, -0.05) is 29.3 Å². The molecule has 2 aromatic carbocycles. The van der Waals surface area contributed by atoms with Crippen molar-refractivity contribution in [1.29, 1.82) is 0 Å². The van der Waals surface area contributed by atoms with Crippen LogP contribution in [0.5, 0.6) is 0 Å². The fourth-order valence-electron chi connectivity index (χ4n) is 1.86. The molecule has 0 saturated carbocycles. The summed E-state index contributed by atoms with van der Waals surface area (Å²) in [5.74, 6) is -0.458. The minimum absolute atomic E-state index is 0.0107. The van der Waals surface area contributed by atoms with Crippen LogP contribution in [0.25, 0.3) is 0 Å². The standard InChI is InChI=1S/C15H12Cl2FNO2S/c1-2-9-19(13-6-4-12(18)5-7-13)22(20,21)15-10-11(16)3-8-14(15)17/h2-8,10H,1,9H2. The smallest absolute Gasteiger partial charge is 0.262 e. The van der Waals surface area contributed by atoms with Gasteiger partial charge < -0.3 is 0 Å². The van der Waals surface area contributed by atoms with Gasteiger partial charge >= 0.3 is 0 Å². The van der Waals surface area contributed by atoms with Gasteiger partial charge in [0.2, 0.25) is 0 Å². The van der Waals surface area contributed by atoms with Crippen LogP contribution in [0.2, 0.25) is 10.0 Å². The van der Waals surface area contributed by atoms with Gasteiger partial charge in [0, 0.05) is 5.02 Å². The van der Waals surface area contributed by atoms with E-state index in [0.717, 1.165) is 4.31 Å². The summed E-state index contributed by atoms with van der Waals surface area (Å²) in [4.78, 5) is -0.118. The van der Waals surface area contributed by atoms with Crippen molar-refractivity contribution in [3.63, 3.8) is 0 Å². The van der Waals surface area contributed by atoms with Gasteiger partial charge in [-0.05, 0) is 42.5 Å². The van der Waals surface area contributed by atoms with Crippen LogP contribution in [0.1, 0.15) is 0 Å². The van der Waals surface area contributed by atoms with E-state index in [1.165, 1.54) is 48.5 Å². The van der Waals surface area contributed by atoms with Crippen molar-refractivity contribution in [2.75, 3.05) is 10.8 Å². The predicted molar refractivity (Wildman–Crippen MR) is 87.6 cm³/mol. The molecule has 0 aromatic heterocycles. The van der Waals surface area contributed by atoms with Crippen LogP contribution in [-0.4, -0.2) is 15.0 Å². The largest absolute Gasteiger partial charge is 0.266 e. The van der Waals surface area contributed by atoms with Crippen molar-refractivity contribution >= 4 is 38.9 Å². The van der Waals surface area contributed by atoms with Gasteiger partial charge in [0.05, 0.1) is 17.3 Å². The summed E-state index contributed by atoms with van der Waals surface area (Å²) in [6, 6.07) is 9.29. The van der Waals surface area contributed by atoms with Crippen LogP contribution in [-0.2, 0) is 10.0 Å². The quantitative estimate of drug-likeness (QED) is 0.736. The number of hydrogen-bond donors (Lipinski definition) is 0. The Morgan fingerprint density at radius 3 is 2.36 bits per heavy atom. The second kappa shape index (κ2) is 6.69. The zero-order valence-corrected chi connectivity index (χ0v) is 13.7. The minimum atomic E-state index is -3.96. The molecule has 0 fully saturated rings. The van der Waals surface area contributed by atoms with Crippen LogP contribution < -0.4 is 4.31 Å². The molecule has 116 valence electrons. The van der Waals surface area contributed by atoms with Gasteiger partial charge in [-0.2, -0.15) is 0 Å². The number of hydrogen-bond acceptors (Lipinski definition) is 2. The zero-order valence-electron chi connectivity index (χ0n) is 11.3. The Labute approximate surface area is 138 Å². The number of rotatable bonds is 5. The average Bonchev–Trinajstić information content (AvgIpc) is 2.48. The van der Waals surface area contributed by atoms with Gasteiger partial charge in [0.1, 0.15) is 10.7 Å². The lowest BCUT2D eigenvalue weighted by molar-refractivity contribution is 0.592. The first-order valence-electron chi connectivity index (χ1n) is 6.20. The van der Waals surface area contributed by atoms with Crippen LogP contribution in [0.3, 0.4) is 0 Å². The Kier molecular flexibility index (Phi) is 5.11. The Morgan fingerprint density at radius 1 is 1.14 bits per heavy atom. The zero-order chi connectivity index (χ0) is 16.3. The molecule has 0 atom stereocenters. The molecule has 0 spiro atoms. The molecule has 2 rings (SSSR count). The normalized spacial score (nSPS) is 11.2. The Balaban J connectivity index is 2.57. The van der Waals surface area contributed by atoms with Crippen LogP contribution in [0.15, 0.2) is 60.0 Å². The predicted octanol–water partition coefficient (Wildman–Crippen LogP) is 4.51. The highest BCUT2D eigenvalue weighted by Crippen LogP contribution is 2.30. The second-order valence-corrected chi connectivity index (χ2v) is 7.05. The summed E-state index contributed by atoms with van der Waals surface area (Å²) in [6.45, 7) is 3.56. The van der Waals surface area contributed by atoms with E-state index in [0.29, 0.717) is 5.69 Å². The molecule has 0 aliphatic heterocycles. The lowest BCUT2D eigenvalue weighted by atomic mass is 10.3. The molecule has 22 heavy (non-hydrogen) atoms. The monoisotopic (exact) mass is 359 g/mol. The fraction of sp³-hybridized carbons (Fsp3) is 0.0667. The van der Waals surface area contributed by atoms with Crippen molar-refractivity contribution in [3.8, 4) is 0 Å². The summed E-state index contributed by atoms with van der Waals surface area (Å²) >= 11 is 11.8. The second-order valence-electron chi connectivity index (χ2n) is 4.38. The van der Waals surface area contributed by atoms with E-state index in [1.54, 1.807) is 0 Å². The van der Waals surface area contributed by atoms with Crippen molar-refractivity contribution in [2.45, 2.75) is 4.90 Å². The van der Waals surface area contributed by atoms with E-state index in [-0.39, 0.29) is 21.5 Å². The molecular formula is C15H12Cl2FNO2S. The number of sulfonamides is 1. The molecule has 0 bridgehead atoms. The van der Waals surface area contributed by atoms with Crippen molar-refractivity contribution in [1.82, 2.24) is 0 Å². The molecule has 0 radical (unpaired) electrons. The minimum Gasteiger partial charge on any atom is -0.262 e. The molecule has 0 N–H and O–H groups in total. The summed E-state index contributed by atoms with van der Waals surface area (Å²) < 4.78 is 39.8. The molecule has 3 nitrogen and oxygen atoms in total. The topological polar surface area (TPSA) is 37.4 Å². The highest BCUT2D eigenvalue weighted by atomic mass is 35.5. The SMILES string of the molecule is C=CCN(c1ccc(F)cc1)S(=O)(=O)c1cc(Cl)ccc1Cl. The van der Waals surface area contributed by atoms with Crippen molar-refractivity contribution in [3.05, 3.63) is 71.0 Å². The third kappa shape index (κ3) is 3.43. The lowest BCUT2D eigenvalue weighted by Gasteiger charge is -2.23. The molecule has 0 aliphatic carbocycles. The Hall–Kier alpha value is -1.56. The number of nitrogens with zero attached hydrogens (tertiary/aromatic N) is 1. The molecule has 0 unspecified atom stereocenters. The van der Waals surface area contributed by atoms with Crippen molar-refractivity contribution < 1.29 is 12.8 Å². The maximum absolute atomic E-state index is 13.0. The number of halogens is 3. The maximum atomic E-state index is 13.0. The first kappa shape index (κ1) is 16.8. The van der Waals surface area contributed by atoms with E-state index in [1.807, 2.05) is 0 Å². The molecule has 0 saturated heterocycles. The highest BCUT2D eigenvalue weighted by Gasteiger charge is 2.26. The van der Waals surface area contributed by atoms with Gasteiger partial charge in [-0.15, -0.1) is 6.58 Å². The van der Waals surface area contributed by atoms with E-state index in [4.69, 9.17) is 23.2 Å². The molecule has 0 aliphatic rings. The summed E-state index contributed by atoms with van der Waals surface area (Å²) in [7, 11) is -3.96. The molecule has 0 amide bonds. The highest BCUT2D eigenvalue weighted by molar-refractivity contribution is 7.93. The summed E-state index contributed by atoms with van der Waals surface area (Å²) in [5, 5.41) is 0.307. The van der Waals surface area contributed by atoms with Crippen LogP contribution >= 0.6 is 23.2 Å². The molecule has 2 aromatic rings. The van der Waals surface area contributed by atoms with Gasteiger partial charge in [0.15, 0.2) is 0 Å². The Bertz CT molecular complexity index is 792. The summed E-state index contributed by atoms with van der Waals surface area (Å²) in [5.41, 5.74) is 0.303. The van der Waals surface area contributed by atoms with E-state index >= 15 is 0 Å². The van der Waals surface area contributed by atoms with E-state index in [2.05, 4.69) is 6.58 Å². The summed E-state index contributed by atoms with van der Waals surface area (Å²) in [6.07, 6.45) is 1.43. The van der Waals surface area contributed by atoms with E-state index in [9.17, 15) is 12.8 Å². The fourth-order valence-corrected chi connectivity index (χ4v) is 4.04. The molecular weight excluding hydrogens is 348 g/mol. The first-order chi connectivity index (χ1) is 10.4. The van der Waals surface area contributed by atoms with E-state index < -0.39 is 15.8 Å². The third-order valence-electron chi connectivity index (χ3n) is 2.87. The van der Waals surface area contributed by atoms with Crippen LogP contribution in [0, 0.1) is 5.82 Å². The average molecular weight is 360 g/mol.